The molecule has 1 aliphatic rings. The van der Waals surface area contributed by atoms with Gasteiger partial charge in [0.1, 0.15) is 11.6 Å². The van der Waals surface area contributed by atoms with E-state index in [0.717, 1.165) is 30.0 Å². The van der Waals surface area contributed by atoms with Gasteiger partial charge >= 0.3 is 0 Å². The third kappa shape index (κ3) is 3.67. The molecule has 0 atom stereocenters. The van der Waals surface area contributed by atoms with E-state index >= 15 is 0 Å². The first-order valence-electron chi connectivity index (χ1n) is 8.06. The smallest absolute Gasteiger partial charge is 0.251 e. The molecular formula is C18H22N4O. The molecule has 0 unspecified atom stereocenters. The average molecular weight is 310 g/mol. The monoisotopic (exact) mass is 310 g/mol. The van der Waals surface area contributed by atoms with Crippen molar-refractivity contribution in [2.75, 3.05) is 18.0 Å². The van der Waals surface area contributed by atoms with Gasteiger partial charge < -0.3 is 10.2 Å². The Hall–Kier alpha value is -2.43. The summed E-state index contributed by atoms with van der Waals surface area (Å²) < 4.78 is 0. The molecule has 2 aromatic rings. The highest BCUT2D eigenvalue weighted by molar-refractivity contribution is 5.95. The number of aryl methyl sites for hydroxylation is 2. The summed E-state index contributed by atoms with van der Waals surface area (Å²) in [6.07, 6.45) is 4.19. The molecule has 120 valence electrons. The van der Waals surface area contributed by atoms with Crippen LogP contribution in [0.2, 0.25) is 0 Å². The van der Waals surface area contributed by atoms with Crippen LogP contribution < -0.4 is 10.2 Å². The van der Waals surface area contributed by atoms with Gasteiger partial charge in [-0.2, -0.15) is 0 Å². The number of carbonyl (C=O) groups excluding carboxylic acids is 1. The Bertz CT molecular complexity index is 708. The Balaban J connectivity index is 1.65. The van der Waals surface area contributed by atoms with Crippen molar-refractivity contribution in [1.82, 2.24) is 15.3 Å². The zero-order chi connectivity index (χ0) is 16.2. The standard InChI is InChI=1S/C18H22N4O/c1-13-5-6-15(14(2)11-13)18(23)20-12-16-19-8-7-17(21-16)22-9-3-4-10-22/h5-8,11H,3-4,9-10,12H2,1-2H3,(H,20,23). The second-order valence-corrected chi connectivity index (χ2v) is 6.03. The fourth-order valence-electron chi connectivity index (χ4n) is 2.92. The first kappa shape index (κ1) is 15.5. The van der Waals surface area contributed by atoms with Gasteiger partial charge in [-0.15, -0.1) is 0 Å². The molecule has 5 nitrogen and oxygen atoms in total. The van der Waals surface area contributed by atoms with Gasteiger partial charge in [-0.1, -0.05) is 17.7 Å². The van der Waals surface area contributed by atoms with Crippen LogP contribution in [0, 0.1) is 13.8 Å². The highest BCUT2D eigenvalue weighted by Crippen LogP contribution is 2.17. The number of nitrogens with zero attached hydrogens (tertiary/aromatic N) is 3. The molecule has 1 N–H and O–H groups in total. The summed E-state index contributed by atoms with van der Waals surface area (Å²) in [5.74, 6) is 1.51. The average Bonchev–Trinajstić information content (AvgIpc) is 3.07. The van der Waals surface area contributed by atoms with Gasteiger partial charge in [-0.25, -0.2) is 9.97 Å². The van der Waals surface area contributed by atoms with Crippen molar-refractivity contribution >= 4 is 11.7 Å². The van der Waals surface area contributed by atoms with Crippen molar-refractivity contribution in [2.45, 2.75) is 33.2 Å². The molecule has 1 fully saturated rings. The first-order chi connectivity index (χ1) is 11.1. The molecule has 0 spiro atoms. The van der Waals surface area contributed by atoms with Crippen LogP contribution in [0.3, 0.4) is 0 Å². The van der Waals surface area contributed by atoms with Crippen molar-refractivity contribution in [3.05, 3.63) is 53.0 Å². The maximum atomic E-state index is 12.3. The van der Waals surface area contributed by atoms with Crippen molar-refractivity contribution < 1.29 is 4.79 Å². The summed E-state index contributed by atoms with van der Waals surface area (Å²) in [4.78, 5) is 23.4. The van der Waals surface area contributed by atoms with E-state index in [0.29, 0.717) is 17.9 Å². The summed E-state index contributed by atoms with van der Waals surface area (Å²) in [6.45, 7) is 6.41. The lowest BCUT2D eigenvalue weighted by molar-refractivity contribution is 0.0949. The van der Waals surface area contributed by atoms with E-state index in [-0.39, 0.29) is 5.91 Å². The summed E-state index contributed by atoms with van der Waals surface area (Å²) in [7, 11) is 0. The minimum atomic E-state index is -0.0855. The Morgan fingerprint density at radius 2 is 2.00 bits per heavy atom. The minimum Gasteiger partial charge on any atom is -0.357 e. The van der Waals surface area contributed by atoms with Gasteiger partial charge in [-0.05, 0) is 44.4 Å². The van der Waals surface area contributed by atoms with Crippen molar-refractivity contribution in [3.63, 3.8) is 0 Å². The maximum Gasteiger partial charge on any atom is 0.251 e. The van der Waals surface area contributed by atoms with Crippen LogP contribution in [0.4, 0.5) is 5.82 Å². The van der Waals surface area contributed by atoms with E-state index in [2.05, 4.69) is 20.2 Å². The van der Waals surface area contributed by atoms with Gasteiger partial charge in [0.15, 0.2) is 0 Å². The number of rotatable bonds is 4. The van der Waals surface area contributed by atoms with E-state index in [1.807, 2.05) is 38.1 Å². The highest BCUT2D eigenvalue weighted by Gasteiger charge is 2.14. The molecule has 0 saturated carbocycles. The lowest BCUT2D eigenvalue weighted by Gasteiger charge is -2.16. The van der Waals surface area contributed by atoms with Crippen LogP contribution in [0.15, 0.2) is 30.5 Å². The molecule has 1 aliphatic heterocycles. The Morgan fingerprint density at radius 1 is 1.22 bits per heavy atom. The van der Waals surface area contributed by atoms with Gasteiger partial charge in [0.25, 0.3) is 5.91 Å². The van der Waals surface area contributed by atoms with Crippen LogP contribution in [0.25, 0.3) is 0 Å². The minimum absolute atomic E-state index is 0.0855. The molecular weight excluding hydrogens is 288 g/mol. The fraction of sp³-hybridized carbons (Fsp3) is 0.389. The summed E-state index contributed by atoms with van der Waals surface area (Å²) in [5, 5.41) is 2.91. The number of amides is 1. The second-order valence-electron chi connectivity index (χ2n) is 6.03. The van der Waals surface area contributed by atoms with Crippen molar-refractivity contribution in [3.8, 4) is 0 Å². The molecule has 0 radical (unpaired) electrons. The number of aromatic nitrogens is 2. The van der Waals surface area contributed by atoms with Gasteiger partial charge in [0.05, 0.1) is 6.54 Å². The SMILES string of the molecule is Cc1ccc(C(=O)NCc2nccc(N3CCCC3)n2)c(C)c1. The molecule has 1 amide bonds. The lowest BCUT2D eigenvalue weighted by Crippen LogP contribution is -2.25. The normalized spacial score (nSPS) is 14.1. The molecule has 1 aromatic carbocycles. The molecule has 2 heterocycles. The second kappa shape index (κ2) is 6.77. The Labute approximate surface area is 136 Å². The van der Waals surface area contributed by atoms with Crippen LogP contribution in [0.5, 0.6) is 0 Å². The third-order valence-corrected chi connectivity index (χ3v) is 4.15. The van der Waals surface area contributed by atoms with E-state index in [1.165, 1.54) is 12.8 Å². The quantitative estimate of drug-likeness (QED) is 0.943. The Morgan fingerprint density at radius 3 is 2.74 bits per heavy atom. The fourth-order valence-corrected chi connectivity index (χ4v) is 2.92. The number of anilines is 1. The van der Waals surface area contributed by atoms with Gasteiger partial charge in [0, 0.05) is 24.8 Å². The summed E-state index contributed by atoms with van der Waals surface area (Å²) in [5.41, 5.74) is 2.83. The van der Waals surface area contributed by atoms with E-state index in [4.69, 9.17) is 0 Å². The number of hydrogen-bond acceptors (Lipinski definition) is 4. The predicted octanol–water partition coefficient (Wildman–Crippen LogP) is 2.62. The van der Waals surface area contributed by atoms with Crippen LogP contribution in [0.1, 0.15) is 40.2 Å². The third-order valence-electron chi connectivity index (χ3n) is 4.15. The molecule has 1 saturated heterocycles. The van der Waals surface area contributed by atoms with Crippen LogP contribution >= 0.6 is 0 Å². The van der Waals surface area contributed by atoms with E-state index in [1.54, 1.807) is 6.20 Å². The number of nitrogens with one attached hydrogen (secondary N) is 1. The first-order valence-corrected chi connectivity index (χ1v) is 8.06. The van der Waals surface area contributed by atoms with E-state index in [9.17, 15) is 4.79 Å². The maximum absolute atomic E-state index is 12.3. The van der Waals surface area contributed by atoms with Crippen molar-refractivity contribution in [1.29, 1.82) is 0 Å². The molecule has 0 aliphatic carbocycles. The zero-order valence-electron chi connectivity index (χ0n) is 13.7. The molecule has 1 aromatic heterocycles. The van der Waals surface area contributed by atoms with Crippen LogP contribution in [-0.2, 0) is 6.54 Å². The number of hydrogen-bond donors (Lipinski definition) is 1. The highest BCUT2D eigenvalue weighted by atomic mass is 16.1. The van der Waals surface area contributed by atoms with Crippen molar-refractivity contribution in [2.24, 2.45) is 0 Å². The summed E-state index contributed by atoms with van der Waals surface area (Å²) >= 11 is 0. The van der Waals surface area contributed by atoms with Gasteiger partial charge in [-0.3, -0.25) is 4.79 Å². The Kier molecular flexibility index (Phi) is 4.55. The lowest BCUT2D eigenvalue weighted by atomic mass is 10.1. The van der Waals surface area contributed by atoms with E-state index < -0.39 is 0 Å². The van der Waals surface area contributed by atoms with Gasteiger partial charge in [0.2, 0.25) is 0 Å². The topological polar surface area (TPSA) is 58.1 Å². The summed E-state index contributed by atoms with van der Waals surface area (Å²) in [6, 6.07) is 7.76. The molecule has 0 bridgehead atoms. The number of carbonyl (C=O) groups is 1. The molecule has 23 heavy (non-hydrogen) atoms. The largest absolute Gasteiger partial charge is 0.357 e. The molecule has 5 heteroatoms. The zero-order valence-corrected chi connectivity index (χ0v) is 13.7. The van der Waals surface area contributed by atoms with Crippen LogP contribution in [-0.4, -0.2) is 29.0 Å². The molecule has 3 rings (SSSR count). The number of benzene rings is 1. The predicted molar refractivity (Wildman–Crippen MR) is 90.6 cm³/mol.